The number of urea groups is 1. The molecule has 0 aromatic heterocycles. The molecule has 5 nitrogen and oxygen atoms in total. The number of anilines is 1. The van der Waals surface area contributed by atoms with E-state index in [-0.39, 0.29) is 6.03 Å². The van der Waals surface area contributed by atoms with Gasteiger partial charge >= 0.3 is 6.03 Å². The maximum atomic E-state index is 11.7. The van der Waals surface area contributed by atoms with Gasteiger partial charge in [-0.15, -0.1) is 0 Å². The number of carbonyl (C=O) groups excluding carboxylic acids is 1. The molecule has 0 fully saturated rings. The summed E-state index contributed by atoms with van der Waals surface area (Å²) in [5.41, 5.74) is 2.66. The summed E-state index contributed by atoms with van der Waals surface area (Å²) in [4.78, 5) is 11.7. The van der Waals surface area contributed by atoms with Crippen LogP contribution < -0.4 is 15.4 Å². The second kappa shape index (κ2) is 9.21. The molecule has 0 aliphatic rings. The lowest BCUT2D eigenvalue weighted by Gasteiger charge is -2.10. The number of benzene rings is 2. The van der Waals surface area contributed by atoms with Gasteiger partial charge in [-0.2, -0.15) is 5.26 Å². The number of nitriles is 1. The molecule has 2 N–H and O–H groups in total. The summed E-state index contributed by atoms with van der Waals surface area (Å²) in [6.07, 6.45) is 1.29. The first kappa shape index (κ1) is 17.4. The number of rotatable bonds is 7. The summed E-state index contributed by atoms with van der Waals surface area (Å²) in [5, 5.41) is 14.2. The van der Waals surface area contributed by atoms with E-state index in [1.165, 1.54) is 0 Å². The van der Waals surface area contributed by atoms with Crippen LogP contribution in [0.4, 0.5) is 10.5 Å². The Labute approximate surface area is 142 Å². The Bertz CT molecular complexity index is 705. The van der Waals surface area contributed by atoms with Crippen LogP contribution in [0.5, 0.6) is 5.75 Å². The first-order chi connectivity index (χ1) is 11.7. The van der Waals surface area contributed by atoms with Gasteiger partial charge in [0.25, 0.3) is 0 Å². The normalized spacial score (nSPS) is 9.83. The van der Waals surface area contributed by atoms with E-state index in [1.807, 2.05) is 55.5 Å². The van der Waals surface area contributed by atoms with Crippen LogP contribution in [0.25, 0.3) is 0 Å². The minimum atomic E-state index is -0.206. The third-order valence-corrected chi connectivity index (χ3v) is 3.33. The Morgan fingerprint density at radius 2 is 1.96 bits per heavy atom. The van der Waals surface area contributed by atoms with Gasteiger partial charge in [0.15, 0.2) is 0 Å². The maximum absolute atomic E-state index is 11.7. The topological polar surface area (TPSA) is 74.2 Å². The van der Waals surface area contributed by atoms with Crippen molar-refractivity contribution in [1.82, 2.24) is 5.32 Å². The molecule has 24 heavy (non-hydrogen) atoms. The summed E-state index contributed by atoms with van der Waals surface area (Å²) in [6.45, 7) is 3.06. The van der Waals surface area contributed by atoms with E-state index in [9.17, 15) is 4.79 Å². The van der Waals surface area contributed by atoms with Crippen molar-refractivity contribution in [2.24, 2.45) is 0 Å². The first-order valence-electron chi connectivity index (χ1n) is 7.93. The SMILES string of the molecule is CCCNC(=O)Nc1cccc(COc2ccc(CC#N)cc2)c1. The van der Waals surface area contributed by atoms with Gasteiger partial charge in [-0.25, -0.2) is 4.79 Å². The average molecular weight is 323 g/mol. The van der Waals surface area contributed by atoms with Gasteiger partial charge < -0.3 is 15.4 Å². The Kier molecular flexibility index (Phi) is 6.66. The predicted molar refractivity (Wildman–Crippen MR) is 93.8 cm³/mol. The molecule has 0 atom stereocenters. The fraction of sp³-hybridized carbons (Fsp3) is 0.263. The molecule has 2 aromatic rings. The van der Waals surface area contributed by atoms with Crippen molar-refractivity contribution in [2.45, 2.75) is 26.4 Å². The largest absolute Gasteiger partial charge is 0.489 e. The number of hydrogen-bond donors (Lipinski definition) is 2. The van der Waals surface area contributed by atoms with Crippen molar-refractivity contribution in [1.29, 1.82) is 5.26 Å². The zero-order chi connectivity index (χ0) is 17.2. The zero-order valence-corrected chi connectivity index (χ0v) is 13.7. The van der Waals surface area contributed by atoms with E-state index in [2.05, 4.69) is 16.7 Å². The van der Waals surface area contributed by atoms with Crippen LogP contribution in [-0.4, -0.2) is 12.6 Å². The summed E-state index contributed by atoms with van der Waals surface area (Å²) >= 11 is 0. The van der Waals surface area contributed by atoms with Crippen LogP contribution in [-0.2, 0) is 13.0 Å². The molecule has 2 rings (SSSR count). The molecule has 0 aliphatic carbocycles. The van der Waals surface area contributed by atoms with Crippen LogP contribution >= 0.6 is 0 Å². The highest BCUT2D eigenvalue weighted by atomic mass is 16.5. The molecule has 2 amide bonds. The Balaban J connectivity index is 1.89. The second-order valence-electron chi connectivity index (χ2n) is 5.35. The minimum absolute atomic E-state index is 0.206. The van der Waals surface area contributed by atoms with Crippen LogP contribution in [0.3, 0.4) is 0 Å². The molecule has 0 spiro atoms. The number of hydrogen-bond acceptors (Lipinski definition) is 3. The van der Waals surface area contributed by atoms with Gasteiger partial charge in [-0.1, -0.05) is 31.2 Å². The lowest BCUT2D eigenvalue weighted by Crippen LogP contribution is -2.29. The fourth-order valence-corrected chi connectivity index (χ4v) is 2.11. The summed E-state index contributed by atoms with van der Waals surface area (Å²) in [7, 11) is 0. The first-order valence-corrected chi connectivity index (χ1v) is 7.93. The second-order valence-corrected chi connectivity index (χ2v) is 5.35. The van der Waals surface area contributed by atoms with Gasteiger partial charge in [0, 0.05) is 12.2 Å². The van der Waals surface area contributed by atoms with Gasteiger partial charge in [0.1, 0.15) is 12.4 Å². The highest BCUT2D eigenvalue weighted by molar-refractivity contribution is 5.89. The highest BCUT2D eigenvalue weighted by Gasteiger charge is 2.02. The number of nitrogens with one attached hydrogen (secondary N) is 2. The number of amides is 2. The Morgan fingerprint density at radius 1 is 1.17 bits per heavy atom. The standard InChI is InChI=1S/C19H21N3O2/c1-2-12-21-19(23)22-17-5-3-4-16(13-17)14-24-18-8-6-15(7-9-18)10-11-20/h3-9,13H,2,10,12,14H2,1H3,(H2,21,22,23). The smallest absolute Gasteiger partial charge is 0.319 e. The molecule has 124 valence electrons. The van der Waals surface area contributed by atoms with E-state index in [0.29, 0.717) is 19.6 Å². The van der Waals surface area contributed by atoms with Crippen molar-refractivity contribution in [2.75, 3.05) is 11.9 Å². The quantitative estimate of drug-likeness (QED) is 0.812. The lowest BCUT2D eigenvalue weighted by molar-refractivity contribution is 0.252. The van der Waals surface area contributed by atoms with E-state index in [4.69, 9.17) is 10.00 Å². The van der Waals surface area contributed by atoms with Crippen molar-refractivity contribution < 1.29 is 9.53 Å². The van der Waals surface area contributed by atoms with Crippen LogP contribution in [0, 0.1) is 11.3 Å². The van der Waals surface area contributed by atoms with Gasteiger partial charge in [0.2, 0.25) is 0 Å². The number of ether oxygens (including phenoxy) is 1. The van der Waals surface area contributed by atoms with Gasteiger partial charge in [-0.3, -0.25) is 0 Å². The molecule has 0 bridgehead atoms. The van der Waals surface area contributed by atoms with E-state index in [1.54, 1.807) is 0 Å². The summed E-state index contributed by atoms with van der Waals surface area (Å²) in [5.74, 6) is 0.746. The summed E-state index contributed by atoms with van der Waals surface area (Å²) in [6, 6.07) is 16.9. The molecular weight excluding hydrogens is 302 g/mol. The zero-order valence-electron chi connectivity index (χ0n) is 13.7. The molecule has 2 aromatic carbocycles. The van der Waals surface area contributed by atoms with E-state index >= 15 is 0 Å². The van der Waals surface area contributed by atoms with Crippen molar-refractivity contribution in [3.05, 3.63) is 59.7 Å². The molecule has 0 heterocycles. The molecule has 0 radical (unpaired) electrons. The van der Waals surface area contributed by atoms with Crippen LogP contribution in [0.1, 0.15) is 24.5 Å². The predicted octanol–water partition coefficient (Wildman–Crippen LogP) is 3.86. The molecule has 0 aliphatic heterocycles. The number of nitrogens with zero attached hydrogens (tertiary/aromatic N) is 1. The van der Waals surface area contributed by atoms with Crippen molar-refractivity contribution >= 4 is 11.7 Å². The summed E-state index contributed by atoms with van der Waals surface area (Å²) < 4.78 is 5.74. The third kappa shape index (κ3) is 5.65. The van der Waals surface area contributed by atoms with Crippen LogP contribution in [0.2, 0.25) is 0 Å². The molecular formula is C19H21N3O2. The third-order valence-electron chi connectivity index (χ3n) is 3.33. The monoisotopic (exact) mass is 323 g/mol. The highest BCUT2D eigenvalue weighted by Crippen LogP contribution is 2.16. The van der Waals surface area contributed by atoms with Crippen molar-refractivity contribution in [3.63, 3.8) is 0 Å². The Hall–Kier alpha value is -3.00. The van der Waals surface area contributed by atoms with Crippen LogP contribution in [0.15, 0.2) is 48.5 Å². The average Bonchev–Trinajstić information content (AvgIpc) is 2.60. The molecule has 0 saturated carbocycles. The fourth-order valence-electron chi connectivity index (χ4n) is 2.11. The van der Waals surface area contributed by atoms with Crippen molar-refractivity contribution in [3.8, 4) is 11.8 Å². The molecule has 0 saturated heterocycles. The molecule has 0 unspecified atom stereocenters. The minimum Gasteiger partial charge on any atom is -0.489 e. The van der Waals surface area contributed by atoms with Gasteiger partial charge in [0.05, 0.1) is 12.5 Å². The van der Waals surface area contributed by atoms with E-state index < -0.39 is 0 Å². The maximum Gasteiger partial charge on any atom is 0.319 e. The number of carbonyl (C=O) groups is 1. The lowest BCUT2D eigenvalue weighted by atomic mass is 10.1. The molecule has 5 heteroatoms. The van der Waals surface area contributed by atoms with Gasteiger partial charge in [-0.05, 0) is 41.8 Å². The Morgan fingerprint density at radius 3 is 2.67 bits per heavy atom. The van der Waals surface area contributed by atoms with E-state index in [0.717, 1.165) is 29.0 Å².